The lowest BCUT2D eigenvalue weighted by molar-refractivity contribution is -0.118. The number of unbranched alkanes of at least 4 members (excludes halogenated alkanes) is 7. The maximum absolute atomic E-state index is 10.5. The number of amides is 1. The Morgan fingerprint density at radius 1 is 0.938 bits per heavy atom. The van der Waals surface area contributed by atoms with Crippen molar-refractivity contribution in [2.75, 3.05) is 13.1 Å². The average Bonchev–Trinajstić information content (AvgIpc) is 2.25. The zero-order valence-corrected chi connectivity index (χ0v) is 10.8. The number of hydrogen-bond acceptors (Lipinski definition) is 2. The van der Waals surface area contributed by atoms with E-state index in [0.717, 1.165) is 25.9 Å². The molecule has 3 heteroatoms. The molecule has 0 unspecified atom stereocenters. The van der Waals surface area contributed by atoms with Gasteiger partial charge in [0, 0.05) is 6.42 Å². The lowest BCUT2D eigenvalue weighted by Gasteiger charge is -2.02. The lowest BCUT2D eigenvalue weighted by Crippen LogP contribution is -2.13. The van der Waals surface area contributed by atoms with Gasteiger partial charge in [0.25, 0.3) is 0 Å². The first kappa shape index (κ1) is 15.4. The molecule has 0 aromatic rings. The average molecular weight is 228 g/mol. The van der Waals surface area contributed by atoms with Crippen LogP contribution in [0.4, 0.5) is 0 Å². The van der Waals surface area contributed by atoms with Crippen LogP contribution in [-0.4, -0.2) is 19.0 Å². The monoisotopic (exact) mass is 228 g/mol. The molecule has 0 aliphatic carbocycles. The number of nitrogens with one attached hydrogen (secondary N) is 1. The van der Waals surface area contributed by atoms with Crippen molar-refractivity contribution in [3.8, 4) is 0 Å². The highest BCUT2D eigenvalue weighted by molar-refractivity contribution is 5.73. The Hall–Kier alpha value is -0.570. The summed E-state index contributed by atoms with van der Waals surface area (Å²) < 4.78 is 0. The van der Waals surface area contributed by atoms with Gasteiger partial charge in [0.2, 0.25) is 5.91 Å². The van der Waals surface area contributed by atoms with Crippen molar-refractivity contribution in [1.29, 1.82) is 0 Å². The van der Waals surface area contributed by atoms with Crippen LogP contribution < -0.4 is 11.1 Å². The molecule has 0 saturated carbocycles. The fourth-order valence-electron chi connectivity index (χ4n) is 1.79. The molecule has 16 heavy (non-hydrogen) atoms. The molecule has 0 aromatic carbocycles. The molecule has 0 radical (unpaired) electrons. The molecule has 0 fully saturated rings. The lowest BCUT2D eigenvalue weighted by atomic mass is 10.1. The van der Waals surface area contributed by atoms with Crippen LogP contribution >= 0.6 is 0 Å². The molecule has 96 valence electrons. The zero-order valence-electron chi connectivity index (χ0n) is 10.8. The summed E-state index contributed by atoms with van der Waals surface area (Å²) in [6, 6.07) is 0. The minimum absolute atomic E-state index is 0.163. The van der Waals surface area contributed by atoms with Crippen LogP contribution in [0.2, 0.25) is 0 Å². The summed E-state index contributed by atoms with van der Waals surface area (Å²) in [5.74, 6) is -0.163. The number of nitrogens with two attached hydrogens (primary N) is 1. The number of rotatable bonds is 12. The molecule has 0 rings (SSSR count). The normalized spacial score (nSPS) is 10.6. The molecule has 1 amide bonds. The maximum atomic E-state index is 10.5. The fourth-order valence-corrected chi connectivity index (χ4v) is 1.79. The van der Waals surface area contributed by atoms with E-state index in [4.69, 9.17) is 5.73 Å². The van der Waals surface area contributed by atoms with Crippen LogP contribution in [0.3, 0.4) is 0 Å². The molecule has 3 nitrogen and oxygen atoms in total. The van der Waals surface area contributed by atoms with Crippen molar-refractivity contribution in [3.05, 3.63) is 0 Å². The van der Waals surface area contributed by atoms with Gasteiger partial charge in [-0.05, 0) is 25.9 Å². The highest BCUT2D eigenvalue weighted by atomic mass is 16.1. The van der Waals surface area contributed by atoms with Crippen LogP contribution in [0.15, 0.2) is 0 Å². The highest BCUT2D eigenvalue weighted by Crippen LogP contribution is 2.09. The van der Waals surface area contributed by atoms with Gasteiger partial charge < -0.3 is 11.1 Å². The van der Waals surface area contributed by atoms with Gasteiger partial charge in [-0.15, -0.1) is 0 Å². The Morgan fingerprint density at radius 3 is 1.94 bits per heavy atom. The third-order valence-corrected chi connectivity index (χ3v) is 2.78. The van der Waals surface area contributed by atoms with Crippen molar-refractivity contribution in [2.24, 2.45) is 5.73 Å². The van der Waals surface area contributed by atoms with E-state index in [9.17, 15) is 4.79 Å². The molecular formula is C13H28N2O. The van der Waals surface area contributed by atoms with E-state index in [1.165, 1.54) is 38.5 Å². The summed E-state index contributed by atoms with van der Waals surface area (Å²) in [4.78, 5) is 10.5. The minimum atomic E-state index is -0.163. The summed E-state index contributed by atoms with van der Waals surface area (Å²) in [5, 5.41) is 3.33. The summed E-state index contributed by atoms with van der Waals surface area (Å²) in [6.07, 6.45) is 10.6. The van der Waals surface area contributed by atoms with E-state index < -0.39 is 0 Å². The second-order valence-electron chi connectivity index (χ2n) is 4.40. The number of hydrogen-bond donors (Lipinski definition) is 2. The van der Waals surface area contributed by atoms with Crippen LogP contribution in [0.1, 0.15) is 64.7 Å². The molecule has 0 aliphatic heterocycles. The molecule has 0 aliphatic rings. The topological polar surface area (TPSA) is 55.1 Å². The van der Waals surface area contributed by atoms with Gasteiger partial charge in [-0.1, -0.05) is 45.4 Å². The molecule has 0 heterocycles. The third-order valence-electron chi connectivity index (χ3n) is 2.78. The van der Waals surface area contributed by atoms with Crippen molar-refractivity contribution in [1.82, 2.24) is 5.32 Å². The summed E-state index contributed by atoms with van der Waals surface area (Å²) in [5.41, 5.74) is 5.07. The Labute approximate surface area is 100 Å². The molecule has 0 aromatic heterocycles. The van der Waals surface area contributed by atoms with Crippen LogP contribution in [0, 0.1) is 0 Å². The first-order chi connectivity index (χ1) is 7.77. The van der Waals surface area contributed by atoms with Gasteiger partial charge in [-0.3, -0.25) is 4.79 Å². The fraction of sp³-hybridized carbons (Fsp3) is 0.923. The van der Waals surface area contributed by atoms with Gasteiger partial charge in [-0.2, -0.15) is 0 Å². The van der Waals surface area contributed by atoms with Gasteiger partial charge in [0.15, 0.2) is 0 Å². The Bertz CT molecular complexity index is 160. The Kier molecular flexibility index (Phi) is 12.1. The van der Waals surface area contributed by atoms with Crippen LogP contribution in [0.5, 0.6) is 0 Å². The maximum Gasteiger partial charge on any atom is 0.217 e. The number of carbonyl (C=O) groups excluding carboxylic acids is 1. The van der Waals surface area contributed by atoms with E-state index in [2.05, 4.69) is 12.2 Å². The van der Waals surface area contributed by atoms with Gasteiger partial charge in [-0.25, -0.2) is 0 Å². The largest absolute Gasteiger partial charge is 0.370 e. The standard InChI is InChI=1S/C13H28N2O/c1-2-15-12-10-8-6-4-3-5-7-9-11-13(14)16/h15H,2-12H2,1H3,(H2,14,16). The Morgan fingerprint density at radius 2 is 1.44 bits per heavy atom. The zero-order chi connectivity index (χ0) is 12.1. The van der Waals surface area contributed by atoms with Crippen molar-refractivity contribution in [3.63, 3.8) is 0 Å². The van der Waals surface area contributed by atoms with E-state index in [1.54, 1.807) is 0 Å². The van der Waals surface area contributed by atoms with E-state index in [0.29, 0.717) is 6.42 Å². The number of carbonyl (C=O) groups is 1. The van der Waals surface area contributed by atoms with Crippen molar-refractivity contribution in [2.45, 2.75) is 64.7 Å². The molecule has 0 spiro atoms. The summed E-state index contributed by atoms with van der Waals surface area (Å²) in [7, 11) is 0. The van der Waals surface area contributed by atoms with Crippen molar-refractivity contribution >= 4 is 5.91 Å². The number of primary amides is 1. The predicted octanol–water partition coefficient (Wildman–Crippen LogP) is 2.59. The summed E-state index contributed by atoms with van der Waals surface area (Å²) in [6.45, 7) is 4.39. The van der Waals surface area contributed by atoms with Crippen LogP contribution in [-0.2, 0) is 4.79 Å². The molecule has 3 N–H and O–H groups in total. The molecular weight excluding hydrogens is 200 g/mol. The van der Waals surface area contributed by atoms with Gasteiger partial charge >= 0.3 is 0 Å². The van der Waals surface area contributed by atoms with Crippen molar-refractivity contribution < 1.29 is 4.79 Å². The highest BCUT2D eigenvalue weighted by Gasteiger charge is 1.95. The van der Waals surface area contributed by atoms with Crippen LogP contribution in [0.25, 0.3) is 0 Å². The smallest absolute Gasteiger partial charge is 0.217 e. The van der Waals surface area contributed by atoms with E-state index >= 15 is 0 Å². The van der Waals surface area contributed by atoms with E-state index in [1.807, 2.05) is 0 Å². The van der Waals surface area contributed by atoms with E-state index in [-0.39, 0.29) is 5.91 Å². The Balaban J connectivity index is 2.90. The molecule has 0 saturated heterocycles. The van der Waals surface area contributed by atoms with Gasteiger partial charge in [0.1, 0.15) is 0 Å². The minimum Gasteiger partial charge on any atom is -0.370 e. The second kappa shape index (κ2) is 12.5. The summed E-state index contributed by atoms with van der Waals surface area (Å²) >= 11 is 0. The third kappa shape index (κ3) is 13.4. The molecule has 0 bridgehead atoms. The molecule has 0 atom stereocenters. The quantitative estimate of drug-likeness (QED) is 0.504. The first-order valence-electron chi connectivity index (χ1n) is 6.76. The predicted molar refractivity (Wildman–Crippen MR) is 69.3 cm³/mol. The first-order valence-corrected chi connectivity index (χ1v) is 6.76. The van der Waals surface area contributed by atoms with Gasteiger partial charge in [0.05, 0.1) is 0 Å². The SMILES string of the molecule is CCNCCCCCCCCCCC(N)=O. The second-order valence-corrected chi connectivity index (χ2v) is 4.40.